The van der Waals surface area contributed by atoms with Crippen molar-refractivity contribution in [2.24, 2.45) is 0 Å². The molecule has 0 radical (unpaired) electrons. The van der Waals surface area contributed by atoms with E-state index < -0.39 is 0 Å². The van der Waals surface area contributed by atoms with Gasteiger partial charge in [0.05, 0.1) is 24.2 Å². The summed E-state index contributed by atoms with van der Waals surface area (Å²) in [5.41, 5.74) is 0.665. The van der Waals surface area contributed by atoms with E-state index in [1.54, 1.807) is 13.2 Å². The summed E-state index contributed by atoms with van der Waals surface area (Å²) in [4.78, 5) is 12.4. The second kappa shape index (κ2) is 4.02. The summed E-state index contributed by atoms with van der Waals surface area (Å²) in [6, 6.07) is 5.51. The highest BCUT2D eigenvalue weighted by Gasteiger charge is 2.21. The summed E-state index contributed by atoms with van der Waals surface area (Å²) >= 11 is 1.21. The molecule has 0 spiro atoms. The van der Waals surface area contributed by atoms with Gasteiger partial charge in [-0.05, 0) is 12.1 Å². The number of benzene rings is 1. The molecule has 3 nitrogen and oxygen atoms in total. The van der Waals surface area contributed by atoms with E-state index in [0.29, 0.717) is 24.3 Å². The maximum Gasteiger partial charge on any atom is 0.170 e. The number of ether oxygens (including phenoxy) is 1. The maximum atomic E-state index is 11.5. The Bertz CT molecular complexity index is 362. The molecule has 0 amide bonds. The zero-order valence-electron chi connectivity index (χ0n) is 7.78. The van der Waals surface area contributed by atoms with Gasteiger partial charge in [0.1, 0.15) is 5.75 Å². The topological polar surface area (TPSA) is 35.5 Å². The highest BCUT2D eigenvalue weighted by Crippen LogP contribution is 2.35. The van der Waals surface area contributed by atoms with E-state index in [9.17, 15) is 4.79 Å². The molecule has 0 saturated carbocycles. The molecule has 0 N–H and O–H groups in total. The van der Waals surface area contributed by atoms with Crippen LogP contribution in [0.15, 0.2) is 23.1 Å². The first kappa shape index (κ1) is 9.55. The number of carbonyl (C=O) groups excluding carboxylic acids is 1. The Hall–Kier alpha value is -1.00. The van der Waals surface area contributed by atoms with Gasteiger partial charge >= 0.3 is 0 Å². The Labute approximate surface area is 86.6 Å². The quantitative estimate of drug-likeness (QED) is 0.702. The number of rotatable bonds is 2. The Balaban J connectivity index is 2.44. The molecule has 0 unspecified atom stereocenters. The summed E-state index contributed by atoms with van der Waals surface area (Å²) in [5.74, 6) is 0.806. The average molecular weight is 210 g/mol. The molecule has 1 aromatic rings. The number of hydrogen-bond acceptors (Lipinski definition) is 4. The molecule has 0 bridgehead atoms. The van der Waals surface area contributed by atoms with Crippen molar-refractivity contribution in [3.05, 3.63) is 23.8 Å². The van der Waals surface area contributed by atoms with Crippen LogP contribution in [-0.2, 0) is 4.18 Å². The van der Waals surface area contributed by atoms with Crippen LogP contribution in [0.4, 0.5) is 0 Å². The molecule has 1 aliphatic heterocycles. The van der Waals surface area contributed by atoms with Gasteiger partial charge in [-0.15, -0.1) is 0 Å². The number of ketones is 1. The van der Waals surface area contributed by atoms with Crippen molar-refractivity contribution in [2.75, 3.05) is 13.7 Å². The summed E-state index contributed by atoms with van der Waals surface area (Å²) in [6.45, 7) is 0.465. The van der Waals surface area contributed by atoms with E-state index in [2.05, 4.69) is 0 Å². The monoisotopic (exact) mass is 210 g/mol. The molecule has 0 saturated heterocycles. The van der Waals surface area contributed by atoms with Crippen molar-refractivity contribution >= 4 is 17.8 Å². The first-order valence-electron chi connectivity index (χ1n) is 4.32. The SMILES string of the molecule is COSc1cccc2c1OCCC2=O. The van der Waals surface area contributed by atoms with Crippen molar-refractivity contribution in [2.45, 2.75) is 11.3 Å². The Morgan fingerprint density at radius 1 is 1.50 bits per heavy atom. The van der Waals surface area contributed by atoms with E-state index in [-0.39, 0.29) is 5.78 Å². The first-order valence-corrected chi connectivity index (χ1v) is 5.07. The molecule has 14 heavy (non-hydrogen) atoms. The lowest BCUT2D eigenvalue weighted by Crippen LogP contribution is -2.15. The van der Waals surface area contributed by atoms with Gasteiger partial charge in [0.2, 0.25) is 0 Å². The molecule has 4 heteroatoms. The third-order valence-electron chi connectivity index (χ3n) is 2.03. The van der Waals surface area contributed by atoms with Crippen LogP contribution in [0, 0.1) is 0 Å². The summed E-state index contributed by atoms with van der Waals surface area (Å²) in [7, 11) is 1.59. The minimum absolute atomic E-state index is 0.143. The second-order valence-corrected chi connectivity index (χ2v) is 3.84. The van der Waals surface area contributed by atoms with Crippen molar-refractivity contribution < 1.29 is 13.7 Å². The van der Waals surface area contributed by atoms with Gasteiger partial charge in [-0.1, -0.05) is 6.07 Å². The lowest BCUT2D eigenvalue weighted by Gasteiger charge is -2.18. The lowest BCUT2D eigenvalue weighted by molar-refractivity contribution is 0.0931. The minimum Gasteiger partial charge on any atom is -0.491 e. The zero-order valence-corrected chi connectivity index (χ0v) is 8.60. The van der Waals surface area contributed by atoms with Crippen LogP contribution in [-0.4, -0.2) is 19.5 Å². The summed E-state index contributed by atoms with van der Waals surface area (Å²) in [5, 5.41) is 0. The fourth-order valence-electron chi connectivity index (χ4n) is 1.42. The number of carbonyl (C=O) groups is 1. The molecule has 0 fully saturated rings. The van der Waals surface area contributed by atoms with Crippen LogP contribution < -0.4 is 4.74 Å². The third-order valence-corrected chi connectivity index (χ3v) is 2.70. The highest BCUT2D eigenvalue weighted by molar-refractivity contribution is 7.94. The fourth-order valence-corrected chi connectivity index (χ4v) is 1.98. The van der Waals surface area contributed by atoms with E-state index in [4.69, 9.17) is 8.92 Å². The molecule has 0 aromatic heterocycles. The van der Waals surface area contributed by atoms with Crippen molar-refractivity contribution in [1.82, 2.24) is 0 Å². The van der Waals surface area contributed by atoms with Crippen LogP contribution in [0.1, 0.15) is 16.8 Å². The van der Waals surface area contributed by atoms with Crippen LogP contribution in [0.5, 0.6) is 5.75 Å². The molecule has 1 aliphatic rings. The van der Waals surface area contributed by atoms with Gasteiger partial charge in [-0.25, -0.2) is 0 Å². The highest BCUT2D eigenvalue weighted by atomic mass is 32.2. The number of fused-ring (bicyclic) bond motifs is 1. The molecular weight excluding hydrogens is 200 g/mol. The van der Waals surface area contributed by atoms with E-state index in [0.717, 1.165) is 4.90 Å². The van der Waals surface area contributed by atoms with Crippen LogP contribution in [0.25, 0.3) is 0 Å². The average Bonchev–Trinajstić information content (AvgIpc) is 2.20. The van der Waals surface area contributed by atoms with Crippen molar-refractivity contribution in [3.8, 4) is 5.75 Å². The van der Waals surface area contributed by atoms with Gasteiger partial charge in [0.15, 0.2) is 5.78 Å². The van der Waals surface area contributed by atoms with Crippen LogP contribution >= 0.6 is 12.0 Å². The van der Waals surface area contributed by atoms with E-state index in [1.165, 1.54) is 12.0 Å². The molecule has 74 valence electrons. The van der Waals surface area contributed by atoms with Gasteiger partial charge in [0.25, 0.3) is 0 Å². The number of hydrogen-bond donors (Lipinski definition) is 0. The van der Waals surface area contributed by atoms with Crippen molar-refractivity contribution in [1.29, 1.82) is 0 Å². The Morgan fingerprint density at radius 2 is 2.36 bits per heavy atom. The minimum atomic E-state index is 0.143. The normalized spacial score (nSPS) is 14.8. The smallest absolute Gasteiger partial charge is 0.170 e. The van der Waals surface area contributed by atoms with E-state index >= 15 is 0 Å². The third kappa shape index (κ3) is 1.63. The standard InChI is InChI=1S/C10H10O3S/c1-12-14-9-4-2-3-7-8(11)5-6-13-10(7)9/h2-4H,5-6H2,1H3. The van der Waals surface area contributed by atoms with Gasteiger partial charge in [-0.3, -0.25) is 4.79 Å². The van der Waals surface area contributed by atoms with Crippen LogP contribution in [0.2, 0.25) is 0 Å². The van der Waals surface area contributed by atoms with E-state index in [1.807, 2.05) is 12.1 Å². The zero-order chi connectivity index (χ0) is 9.97. The van der Waals surface area contributed by atoms with Crippen LogP contribution in [0.3, 0.4) is 0 Å². The predicted octanol–water partition coefficient (Wildman–Crippen LogP) is 2.31. The molecule has 2 rings (SSSR count). The molecule has 1 heterocycles. The summed E-state index contributed by atoms with van der Waals surface area (Å²) < 4.78 is 10.4. The number of Topliss-reactive ketones (excluding diaryl/α,β-unsaturated/α-hetero) is 1. The molecule has 1 aromatic carbocycles. The molecule has 0 atom stereocenters. The summed E-state index contributed by atoms with van der Waals surface area (Å²) in [6.07, 6.45) is 0.466. The molecule has 0 aliphatic carbocycles. The Morgan fingerprint density at radius 3 is 3.14 bits per heavy atom. The lowest BCUT2D eigenvalue weighted by atomic mass is 10.1. The number of para-hydroxylation sites is 1. The first-order chi connectivity index (χ1) is 6.83. The van der Waals surface area contributed by atoms with Crippen molar-refractivity contribution in [3.63, 3.8) is 0 Å². The Kier molecular flexibility index (Phi) is 2.74. The van der Waals surface area contributed by atoms with Gasteiger partial charge in [0, 0.05) is 18.5 Å². The second-order valence-electron chi connectivity index (χ2n) is 2.90. The fraction of sp³-hybridized carbons (Fsp3) is 0.300. The largest absolute Gasteiger partial charge is 0.491 e. The van der Waals surface area contributed by atoms with Gasteiger partial charge in [-0.2, -0.15) is 0 Å². The maximum absolute atomic E-state index is 11.5. The molecular formula is C10H10O3S. The predicted molar refractivity (Wildman–Crippen MR) is 53.8 cm³/mol. The van der Waals surface area contributed by atoms with Gasteiger partial charge < -0.3 is 8.92 Å².